The monoisotopic (exact) mass is 307 g/mol. The molecule has 21 heavy (non-hydrogen) atoms. The molecule has 3 aliphatic rings. The molecule has 1 unspecified atom stereocenters. The van der Waals surface area contributed by atoms with Crippen molar-refractivity contribution >= 4 is 17.0 Å². The standard InChI is InChI=1S/C16H21NO3S/c18-21-19-15-10-5-9-14(16(15)20-21)17-11-4-3-7-12-6-1-2-8-13(12)17/h1-2,6,8,14-16H,3-5,7,9-11H2/t14-,15-,16+,21?/m1/s1. The Balaban J connectivity index is 1.67. The molecule has 1 saturated carbocycles. The molecule has 2 fully saturated rings. The Kier molecular flexibility index (Phi) is 3.73. The third-order valence-electron chi connectivity index (χ3n) is 4.92. The molecule has 0 bridgehead atoms. The molecule has 0 N–H and O–H groups in total. The largest absolute Gasteiger partial charge is 0.366 e. The van der Waals surface area contributed by atoms with E-state index >= 15 is 0 Å². The lowest BCUT2D eigenvalue weighted by molar-refractivity contribution is 0.0884. The lowest BCUT2D eigenvalue weighted by atomic mass is 9.88. The second-order valence-electron chi connectivity index (χ2n) is 6.18. The molecule has 0 radical (unpaired) electrons. The van der Waals surface area contributed by atoms with E-state index < -0.39 is 11.4 Å². The van der Waals surface area contributed by atoms with Gasteiger partial charge in [-0.15, -0.1) is 0 Å². The summed E-state index contributed by atoms with van der Waals surface area (Å²) in [5, 5.41) is 0. The molecule has 4 rings (SSSR count). The normalized spacial score (nSPS) is 35.9. The molecule has 0 amide bonds. The minimum absolute atomic E-state index is 0.00000126. The number of rotatable bonds is 1. The summed E-state index contributed by atoms with van der Waals surface area (Å²) >= 11 is -1.56. The number of aryl methyl sites for hydroxylation is 1. The fraction of sp³-hybridized carbons (Fsp3) is 0.625. The maximum Gasteiger partial charge on any atom is 0.305 e. The molecule has 4 atom stereocenters. The van der Waals surface area contributed by atoms with E-state index in [0.29, 0.717) is 0 Å². The Morgan fingerprint density at radius 1 is 1.10 bits per heavy atom. The SMILES string of the molecule is O=S1O[C@H]2[C@H](N3CCCCc4ccccc43)CCC[C@H]2O1. The maximum atomic E-state index is 11.6. The van der Waals surface area contributed by atoms with Crippen molar-refractivity contribution in [1.82, 2.24) is 0 Å². The van der Waals surface area contributed by atoms with Crippen molar-refractivity contribution in [3.05, 3.63) is 29.8 Å². The molecule has 1 aliphatic carbocycles. The lowest BCUT2D eigenvalue weighted by Crippen LogP contribution is -2.50. The van der Waals surface area contributed by atoms with E-state index in [0.717, 1.165) is 32.2 Å². The highest BCUT2D eigenvalue weighted by Gasteiger charge is 2.45. The minimum atomic E-state index is -1.56. The van der Waals surface area contributed by atoms with Gasteiger partial charge >= 0.3 is 11.4 Å². The first kappa shape index (κ1) is 13.7. The van der Waals surface area contributed by atoms with Gasteiger partial charge in [0.2, 0.25) is 0 Å². The zero-order valence-corrected chi connectivity index (χ0v) is 12.9. The molecular weight excluding hydrogens is 286 g/mol. The fourth-order valence-electron chi connectivity index (χ4n) is 3.95. The smallest absolute Gasteiger partial charge is 0.305 e. The summed E-state index contributed by atoms with van der Waals surface area (Å²) in [5.41, 5.74) is 2.76. The quantitative estimate of drug-likeness (QED) is 0.800. The van der Waals surface area contributed by atoms with E-state index in [9.17, 15) is 4.21 Å². The van der Waals surface area contributed by atoms with Crippen LogP contribution in [0.1, 0.15) is 37.7 Å². The van der Waals surface area contributed by atoms with Crippen LogP contribution in [-0.2, 0) is 26.1 Å². The highest BCUT2D eigenvalue weighted by molar-refractivity contribution is 7.75. The molecular formula is C16H21NO3S. The zero-order valence-electron chi connectivity index (χ0n) is 12.1. The van der Waals surface area contributed by atoms with Gasteiger partial charge in [0.1, 0.15) is 12.2 Å². The Morgan fingerprint density at radius 3 is 2.95 bits per heavy atom. The van der Waals surface area contributed by atoms with Crippen molar-refractivity contribution in [3.63, 3.8) is 0 Å². The Morgan fingerprint density at radius 2 is 2.00 bits per heavy atom. The van der Waals surface area contributed by atoms with Crippen LogP contribution in [0.3, 0.4) is 0 Å². The first-order valence-electron chi connectivity index (χ1n) is 7.93. The van der Waals surface area contributed by atoms with Gasteiger partial charge in [-0.05, 0) is 50.2 Å². The lowest BCUT2D eigenvalue weighted by Gasteiger charge is -2.40. The zero-order chi connectivity index (χ0) is 14.2. The summed E-state index contributed by atoms with van der Waals surface area (Å²) in [5.74, 6) is 0. The fourth-order valence-corrected chi connectivity index (χ4v) is 4.83. The summed E-state index contributed by atoms with van der Waals surface area (Å²) in [6.45, 7) is 1.06. The number of anilines is 1. The summed E-state index contributed by atoms with van der Waals surface area (Å²) in [4.78, 5) is 2.49. The molecule has 2 heterocycles. The highest BCUT2D eigenvalue weighted by Crippen LogP contribution is 2.37. The van der Waals surface area contributed by atoms with E-state index in [1.165, 1.54) is 24.1 Å². The van der Waals surface area contributed by atoms with Crippen LogP contribution in [0.4, 0.5) is 5.69 Å². The van der Waals surface area contributed by atoms with E-state index in [4.69, 9.17) is 8.37 Å². The molecule has 5 heteroatoms. The average molecular weight is 307 g/mol. The van der Waals surface area contributed by atoms with Gasteiger partial charge in [-0.2, -0.15) is 4.21 Å². The second-order valence-corrected chi connectivity index (χ2v) is 6.97. The molecule has 1 saturated heterocycles. The first-order chi connectivity index (χ1) is 10.3. The van der Waals surface area contributed by atoms with Gasteiger partial charge in [0, 0.05) is 12.2 Å². The summed E-state index contributed by atoms with van der Waals surface area (Å²) < 4.78 is 22.6. The molecule has 114 valence electrons. The van der Waals surface area contributed by atoms with Crippen LogP contribution in [0.25, 0.3) is 0 Å². The summed E-state index contributed by atoms with van der Waals surface area (Å²) in [6.07, 6.45) is 6.70. The number of hydrogen-bond acceptors (Lipinski definition) is 4. The van der Waals surface area contributed by atoms with Crippen molar-refractivity contribution in [3.8, 4) is 0 Å². The second kappa shape index (κ2) is 5.71. The van der Waals surface area contributed by atoms with Gasteiger partial charge in [-0.25, -0.2) is 0 Å². The van der Waals surface area contributed by atoms with Crippen molar-refractivity contribution in [1.29, 1.82) is 0 Å². The number of benzene rings is 1. The number of nitrogens with zero attached hydrogens (tertiary/aromatic N) is 1. The Hall–Kier alpha value is -0.910. The molecule has 0 spiro atoms. The van der Waals surface area contributed by atoms with Crippen LogP contribution < -0.4 is 4.90 Å². The van der Waals surface area contributed by atoms with Crippen LogP contribution in [0, 0.1) is 0 Å². The Bertz CT molecular complexity index is 550. The van der Waals surface area contributed by atoms with E-state index in [1.54, 1.807) is 0 Å². The van der Waals surface area contributed by atoms with Gasteiger partial charge in [-0.1, -0.05) is 18.2 Å². The number of hydrogen-bond donors (Lipinski definition) is 0. The van der Waals surface area contributed by atoms with Crippen LogP contribution in [0.2, 0.25) is 0 Å². The number of para-hydroxylation sites is 1. The van der Waals surface area contributed by atoms with Gasteiger partial charge in [0.15, 0.2) is 0 Å². The number of fused-ring (bicyclic) bond motifs is 2. The third kappa shape index (κ3) is 2.51. The van der Waals surface area contributed by atoms with Gasteiger partial charge < -0.3 is 4.90 Å². The first-order valence-corrected chi connectivity index (χ1v) is 8.93. The highest BCUT2D eigenvalue weighted by atomic mass is 32.2. The third-order valence-corrected chi connectivity index (χ3v) is 5.71. The van der Waals surface area contributed by atoms with Crippen LogP contribution in [0.15, 0.2) is 24.3 Å². The maximum absolute atomic E-state index is 11.6. The molecule has 0 aromatic heterocycles. The molecule has 2 aliphatic heterocycles. The van der Waals surface area contributed by atoms with Gasteiger partial charge in [0.25, 0.3) is 0 Å². The van der Waals surface area contributed by atoms with Crippen molar-refractivity contribution in [2.45, 2.75) is 56.8 Å². The van der Waals surface area contributed by atoms with E-state index in [-0.39, 0.29) is 18.2 Å². The van der Waals surface area contributed by atoms with Crippen molar-refractivity contribution in [2.24, 2.45) is 0 Å². The topological polar surface area (TPSA) is 38.8 Å². The van der Waals surface area contributed by atoms with Crippen molar-refractivity contribution in [2.75, 3.05) is 11.4 Å². The summed E-state index contributed by atoms with van der Waals surface area (Å²) in [6, 6.07) is 8.97. The van der Waals surface area contributed by atoms with Gasteiger partial charge in [0.05, 0.1) is 6.04 Å². The minimum Gasteiger partial charge on any atom is -0.366 e. The van der Waals surface area contributed by atoms with Gasteiger partial charge in [-0.3, -0.25) is 8.37 Å². The summed E-state index contributed by atoms with van der Waals surface area (Å²) in [7, 11) is 0. The molecule has 1 aromatic rings. The average Bonchev–Trinajstić information content (AvgIpc) is 2.76. The Labute approximate surface area is 128 Å². The van der Waals surface area contributed by atoms with Crippen molar-refractivity contribution < 1.29 is 12.6 Å². The van der Waals surface area contributed by atoms with Crippen LogP contribution >= 0.6 is 0 Å². The molecule has 1 aromatic carbocycles. The van der Waals surface area contributed by atoms with E-state index in [1.807, 2.05) is 0 Å². The van der Waals surface area contributed by atoms with Crippen LogP contribution in [0.5, 0.6) is 0 Å². The molecule has 4 nitrogen and oxygen atoms in total. The van der Waals surface area contributed by atoms with Crippen LogP contribution in [-0.4, -0.2) is 29.0 Å². The predicted octanol–water partition coefficient (Wildman–Crippen LogP) is 2.74. The van der Waals surface area contributed by atoms with E-state index in [2.05, 4.69) is 29.2 Å². The predicted molar refractivity (Wildman–Crippen MR) is 82.3 cm³/mol.